The third-order valence-electron chi connectivity index (χ3n) is 2.75. The van der Waals surface area contributed by atoms with E-state index in [1.54, 1.807) is 18.2 Å². The second kappa shape index (κ2) is 7.65. The van der Waals surface area contributed by atoms with E-state index >= 15 is 0 Å². The Balaban J connectivity index is 2.14. The Kier molecular flexibility index (Phi) is 5.85. The molecule has 5 nitrogen and oxygen atoms in total. The minimum Gasteiger partial charge on any atom is -0.396 e. The van der Waals surface area contributed by atoms with Crippen LogP contribution in [0.15, 0.2) is 30.3 Å². The van der Waals surface area contributed by atoms with Crippen molar-refractivity contribution in [1.82, 2.24) is 4.98 Å². The van der Waals surface area contributed by atoms with Crippen molar-refractivity contribution < 1.29 is 9.90 Å². The number of benzene rings is 1. The van der Waals surface area contributed by atoms with E-state index in [1.807, 2.05) is 0 Å². The molecule has 1 heterocycles. The van der Waals surface area contributed by atoms with Crippen LogP contribution in [0.4, 0.5) is 16.2 Å². The predicted molar refractivity (Wildman–Crippen MR) is 89.1 cm³/mol. The molecule has 0 spiro atoms. The van der Waals surface area contributed by atoms with Gasteiger partial charge in [-0.25, -0.2) is 9.78 Å². The Morgan fingerprint density at radius 2 is 1.82 bits per heavy atom. The molecule has 1 aromatic heterocycles. The number of urea groups is 1. The Morgan fingerprint density at radius 1 is 1.14 bits per heavy atom. The highest BCUT2D eigenvalue weighted by Gasteiger charge is 2.10. The van der Waals surface area contributed by atoms with Gasteiger partial charge in [-0.05, 0) is 36.2 Å². The summed E-state index contributed by atoms with van der Waals surface area (Å²) in [5.74, 6) is 0. The number of aliphatic hydroxyl groups excluding tert-OH is 1. The first-order valence-corrected chi connectivity index (χ1v) is 7.42. The number of carbonyl (C=O) groups is 1. The lowest BCUT2D eigenvalue weighted by molar-refractivity contribution is 0.262. The van der Waals surface area contributed by atoms with E-state index in [0.29, 0.717) is 28.4 Å². The maximum atomic E-state index is 12.0. The number of nitrogens with zero attached hydrogens (tertiary/aromatic N) is 1. The van der Waals surface area contributed by atoms with Crippen LogP contribution in [-0.4, -0.2) is 22.7 Å². The highest BCUT2D eigenvalue weighted by Crippen LogP contribution is 2.25. The van der Waals surface area contributed by atoms with Gasteiger partial charge in [-0.3, -0.25) is 0 Å². The molecule has 0 aliphatic rings. The number of anilines is 2. The largest absolute Gasteiger partial charge is 0.396 e. The molecule has 0 saturated heterocycles. The Hall–Kier alpha value is -1.53. The molecule has 2 rings (SSSR count). The van der Waals surface area contributed by atoms with Crippen molar-refractivity contribution in [3.05, 3.63) is 51.2 Å². The summed E-state index contributed by atoms with van der Waals surface area (Å²) in [5, 5.41) is 15.2. The van der Waals surface area contributed by atoms with Crippen LogP contribution < -0.4 is 10.6 Å². The van der Waals surface area contributed by atoms with Gasteiger partial charge in [-0.15, -0.1) is 0 Å². The maximum absolute atomic E-state index is 12.0. The average Bonchev–Trinajstić information content (AvgIpc) is 2.41. The molecule has 2 aromatic rings. The standard InChI is InChI=1S/C14H12Cl3N3O2/c15-10-2-1-3-11(9(10)4-5-21)19-14(22)18-8-6-12(16)20-13(17)7-8/h1-3,6-7,21H,4-5H2,(H2,18,19,20,22). The van der Waals surface area contributed by atoms with Gasteiger partial charge in [0.25, 0.3) is 0 Å². The first-order valence-electron chi connectivity index (χ1n) is 6.29. The van der Waals surface area contributed by atoms with Crippen LogP contribution in [0.2, 0.25) is 15.3 Å². The molecular weight excluding hydrogens is 349 g/mol. The van der Waals surface area contributed by atoms with Crippen LogP contribution >= 0.6 is 34.8 Å². The number of hydrogen-bond donors (Lipinski definition) is 3. The lowest BCUT2D eigenvalue weighted by Crippen LogP contribution is -2.20. The van der Waals surface area contributed by atoms with Crippen molar-refractivity contribution >= 4 is 52.2 Å². The zero-order valence-corrected chi connectivity index (χ0v) is 13.5. The molecule has 3 N–H and O–H groups in total. The second-order valence-corrected chi connectivity index (χ2v) is 5.50. The molecule has 1 aromatic carbocycles. The van der Waals surface area contributed by atoms with Crippen molar-refractivity contribution in [2.24, 2.45) is 0 Å². The zero-order valence-electron chi connectivity index (χ0n) is 11.2. The molecule has 0 atom stereocenters. The zero-order chi connectivity index (χ0) is 16.1. The summed E-state index contributed by atoms with van der Waals surface area (Å²) in [6.07, 6.45) is 0.336. The van der Waals surface area contributed by atoms with E-state index in [-0.39, 0.29) is 16.9 Å². The first-order chi connectivity index (χ1) is 10.5. The fourth-order valence-electron chi connectivity index (χ4n) is 1.86. The molecule has 0 aliphatic heterocycles. The van der Waals surface area contributed by atoms with Crippen molar-refractivity contribution in [3.8, 4) is 0 Å². The van der Waals surface area contributed by atoms with E-state index in [9.17, 15) is 4.79 Å². The van der Waals surface area contributed by atoms with E-state index < -0.39 is 6.03 Å². The Morgan fingerprint density at radius 3 is 2.45 bits per heavy atom. The summed E-state index contributed by atoms with van der Waals surface area (Å²) >= 11 is 17.6. The number of hydrogen-bond acceptors (Lipinski definition) is 3. The minimum absolute atomic E-state index is 0.0738. The lowest BCUT2D eigenvalue weighted by atomic mass is 10.1. The summed E-state index contributed by atoms with van der Waals surface area (Å²) in [5.41, 5.74) is 1.59. The van der Waals surface area contributed by atoms with Gasteiger partial charge in [0.2, 0.25) is 0 Å². The molecule has 0 fully saturated rings. The van der Waals surface area contributed by atoms with Crippen molar-refractivity contribution in [2.75, 3.05) is 17.2 Å². The maximum Gasteiger partial charge on any atom is 0.323 e. The fourth-order valence-corrected chi connectivity index (χ4v) is 2.59. The fraction of sp³-hybridized carbons (Fsp3) is 0.143. The van der Waals surface area contributed by atoms with Gasteiger partial charge in [0.15, 0.2) is 0 Å². The normalized spacial score (nSPS) is 10.4. The van der Waals surface area contributed by atoms with Gasteiger partial charge in [0.1, 0.15) is 10.3 Å². The van der Waals surface area contributed by atoms with E-state index in [2.05, 4.69) is 15.6 Å². The number of nitrogens with one attached hydrogen (secondary N) is 2. The third-order valence-corrected chi connectivity index (χ3v) is 3.49. The Bertz CT molecular complexity index is 675. The summed E-state index contributed by atoms with van der Waals surface area (Å²) < 4.78 is 0. The van der Waals surface area contributed by atoms with Gasteiger partial charge in [-0.2, -0.15) is 0 Å². The highest BCUT2D eigenvalue weighted by atomic mass is 35.5. The molecule has 22 heavy (non-hydrogen) atoms. The van der Waals surface area contributed by atoms with Crippen LogP contribution in [0.1, 0.15) is 5.56 Å². The highest BCUT2D eigenvalue weighted by molar-refractivity contribution is 6.33. The van der Waals surface area contributed by atoms with Gasteiger partial charge >= 0.3 is 6.03 Å². The third kappa shape index (κ3) is 4.48. The van der Waals surface area contributed by atoms with E-state index in [1.165, 1.54) is 12.1 Å². The van der Waals surface area contributed by atoms with Gasteiger partial charge in [0, 0.05) is 23.0 Å². The number of aromatic nitrogens is 1. The topological polar surface area (TPSA) is 74.2 Å². The van der Waals surface area contributed by atoms with Crippen LogP contribution in [0.5, 0.6) is 0 Å². The molecule has 116 valence electrons. The predicted octanol–water partition coefficient (Wildman–Crippen LogP) is 4.22. The van der Waals surface area contributed by atoms with Gasteiger partial charge in [-0.1, -0.05) is 40.9 Å². The molecule has 2 amide bonds. The van der Waals surface area contributed by atoms with Gasteiger partial charge < -0.3 is 15.7 Å². The van der Waals surface area contributed by atoms with Gasteiger partial charge in [0.05, 0.1) is 0 Å². The van der Waals surface area contributed by atoms with Crippen molar-refractivity contribution in [3.63, 3.8) is 0 Å². The van der Waals surface area contributed by atoms with Crippen LogP contribution in [-0.2, 0) is 6.42 Å². The van der Waals surface area contributed by atoms with Crippen LogP contribution in [0, 0.1) is 0 Å². The average molecular weight is 361 g/mol. The van der Waals surface area contributed by atoms with Crippen LogP contribution in [0.3, 0.4) is 0 Å². The Labute approximate surface area is 142 Å². The van der Waals surface area contributed by atoms with Crippen molar-refractivity contribution in [2.45, 2.75) is 6.42 Å². The van der Waals surface area contributed by atoms with E-state index in [4.69, 9.17) is 39.9 Å². The molecule has 0 bridgehead atoms. The second-order valence-electron chi connectivity index (χ2n) is 4.32. The summed E-state index contributed by atoms with van der Waals surface area (Å²) in [7, 11) is 0. The number of halogens is 3. The first kappa shape index (κ1) is 16.8. The number of pyridine rings is 1. The summed E-state index contributed by atoms with van der Waals surface area (Å²) in [4.78, 5) is 15.8. The minimum atomic E-state index is -0.486. The number of carbonyl (C=O) groups excluding carboxylic acids is 1. The number of aliphatic hydroxyl groups is 1. The molecular formula is C14H12Cl3N3O2. The van der Waals surface area contributed by atoms with Crippen molar-refractivity contribution in [1.29, 1.82) is 0 Å². The van der Waals surface area contributed by atoms with Crippen LogP contribution in [0.25, 0.3) is 0 Å². The molecule has 8 heteroatoms. The smallest absolute Gasteiger partial charge is 0.323 e. The molecule has 0 saturated carbocycles. The lowest BCUT2D eigenvalue weighted by Gasteiger charge is -2.13. The molecule has 0 aliphatic carbocycles. The number of rotatable bonds is 4. The molecule has 0 radical (unpaired) electrons. The molecule has 0 unspecified atom stereocenters. The quantitative estimate of drug-likeness (QED) is 0.715. The summed E-state index contributed by atoms with van der Waals surface area (Å²) in [6.45, 7) is -0.0738. The monoisotopic (exact) mass is 359 g/mol. The number of amides is 2. The summed E-state index contributed by atoms with van der Waals surface area (Å²) in [6, 6.07) is 7.55. The SMILES string of the molecule is O=C(Nc1cc(Cl)nc(Cl)c1)Nc1cccc(Cl)c1CCO. The van der Waals surface area contributed by atoms with E-state index in [0.717, 1.165) is 0 Å².